The van der Waals surface area contributed by atoms with Crippen LogP contribution in [0.1, 0.15) is 32.0 Å². The summed E-state index contributed by atoms with van der Waals surface area (Å²) < 4.78 is 17.6. The third-order valence-electron chi connectivity index (χ3n) is 6.52. The highest BCUT2D eigenvalue weighted by Gasteiger charge is 2.25. The van der Waals surface area contributed by atoms with E-state index in [0.29, 0.717) is 49.7 Å². The molecular weight excluding hydrogens is 622 g/mol. The van der Waals surface area contributed by atoms with Crippen molar-refractivity contribution in [1.29, 1.82) is 0 Å². The van der Waals surface area contributed by atoms with Gasteiger partial charge in [-0.2, -0.15) is 5.10 Å². The lowest BCUT2D eigenvalue weighted by Gasteiger charge is -2.10. The van der Waals surface area contributed by atoms with Crippen LogP contribution in [0.5, 0.6) is 17.2 Å². The first-order chi connectivity index (χ1) is 20.3. The summed E-state index contributed by atoms with van der Waals surface area (Å²) in [6.07, 6.45) is 1.40. The predicted octanol–water partition coefficient (Wildman–Crippen LogP) is 7.56. The van der Waals surface area contributed by atoms with Crippen molar-refractivity contribution >= 4 is 56.5 Å². The second-order valence-electron chi connectivity index (χ2n) is 9.21. The number of esters is 1. The molecule has 2 N–H and O–H groups in total. The maximum absolute atomic E-state index is 13.6. The molecule has 1 heterocycles. The SMILES string of the molecule is COc1ccc(OC)c2c(-c3ccccc3Cl)c(C(=O)NN=Cc3cc(Br)ccc3OC(=O)c3ccc(C)cc3)[nH]c12. The molecule has 1 aromatic heterocycles. The third kappa shape index (κ3) is 5.88. The van der Waals surface area contributed by atoms with Crippen LogP contribution in [0.3, 0.4) is 0 Å². The first-order valence-electron chi connectivity index (χ1n) is 12.7. The van der Waals surface area contributed by atoms with Gasteiger partial charge in [0.25, 0.3) is 5.91 Å². The Morgan fingerprint density at radius 2 is 1.62 bits per heavy atom. The number of hydrogen-bond acceptors (Lipinski definition) is 6. The smallest absolute Gasteiger partial charge is 0.343 e. The van der Waals surface area contributed by atoms with Crippen LogP contribution in [0.15, 0.2) is 88.4 Å². The average molecular weight is 647 g/mol. The van der Waals surface area contributed by atoms with Crippen molar-refractivity contribution in [3.63, 3.8) is 0 Å². The number of nitrogens with one attached hydrogen (secondary N) is 2. The molecule has 0 saturated carbocycles. The number of aromatic amines is 1. The molecule has 212 valence electrons. The van der Waals surface area contributed by atoms with Gasteiger partial charge in [-0.15, -0.1) is 0 Å². The molecule has 0 aliphatic heterocycles. The Morgan fingerprint density at radius 1 is 0.929 bits per heavy atom. The fourth-order valence-corrected chi connectivity index (χ4v) is 5.08. The molecule has 0 saturated heterocycles. The summed E-state index contributed by atoms with van der Waals surface area (Å²) in [4.78, 5) is 29.5. The van der Waals surface area contributed by atoms with Crippen molar-refractivity contribution in [2.24, 2.45) is 5.10 Å². The normalized spacial score (nSPS) is 11.1. The molecule has 0 radical (unpaired) electrons. The third-order valence-corrected chi connectivity index (χ3v) is 7.34. The Balaban J connectivity index is 1.49. The maximum atomic E-state index is 13.6. The van der Waals surface area contributed by atoms with Gasteiger partial charge in [0, 0.05) is 26.2 Å². The number of carbonyl (C=O) groups excluding carboxylic acids is 2. The molecule has 1 amide bonds. The van der Waals surface area contributed by atoms with Gasteiger partial charge in [0.2, 0.25) is 0 Å². The fourth-order valence-electron chi connectivity index (χ4n) is 4.47. The summed E-state index contributed by atoms with van der Waals surface area (Å²) in [5.74, 6) is 0.291. The zero-order chi connectivity index (χ0) is 29.8. The van der Waals surface area contributed by atoms with E-state index in [1.807, 2.05) is 37.3 Å². The molecule has 0 spiro atoms. The minimum absolute atomic E-state index is 0.207. The number of aromatic nitrogens is 1. The van der Waals surface area contributed by atoms with Crippen LogP contribution >= 0.6 is 27.5 Å². The first kappa shape index (κ1) is 28.9. The number of hydrogen-bond donors (Lipinski definition) is 2. The number of nitrogens with zero attached hydrogens (tertiary/aromatic N) is 1. The summed E-state index contributed by atoms with van der Waals surface area (Å²) in [6.45, 7) is 1.94. The van der Waals surface area contributed by atoms with Crippen LogP contribution in [-0.4, -0.2) is 37.3 Å². The number of rotatable bonds is 8. The van der Waals surface area contributed by atoms with Crippen LogP contribution in [-0.2, 0) is 0 Å². The van der Waals surface area contributed by atoms with Crippen molar-refractivity contribution < 1.29 is 23.8 Å². The largest absolute Gasteiger partial charge is 0.496 e. The van der Waals surface area contributed by atoms with Gasteiger partial charge in [0.15, 0.2) is 0 Å². The van der Waals surface area contributed by atoms with Crippen molar-refractivity contribution in [1.82, 2.24) is 10.4 Å². The highest BCUT2D eigenvalue weighted by molar-refractivity contribution is 9.10. The number of amides is 1. The quantitative estimate of drug-likeness (QED) is 0.0784. The number of benzene rings is 4. The van der Waals surface area contributed by atoms with Gasteiger partial charge >= 0.3 is 5.97 Å². The van der Waals surface area contributed by atoms with Gasteiger partial charge in [-0.05, 0) is 55.5 Å². The van der Waals surface area contributed by atoms with E-state index >= 15 is 0 Å². The van der Waals surface area contributed by atoms with E-state index in [2.05, 4.69) is 31.4 Å². The van der Waals surface area contributed by atoms with Crippen molar-refractivity contribution in [2.45, 2.75) is 6.92 Å². The molecule has 0 fully saturated rings. The lowest BCUT2D eigenvalue weighted by atomic mass is 10.0. The topological polar surface area (TPSA) is 102 Å². The van der Waals surface area contributed by atoms with E-state index in [-0.39, 0.29) is 11.4 Å². The molecule has 0 atom stereocenters. The highest BCUT2D eigenvalue weighted by Crippen LogP contribution is 2.44. The van der Waals surface area contributed by atoms with Gasteiger partial charge < -0.3 is 19.2 Å². The molecule has 0 aliphatic carbocycles. The van der Waals surface area contributed by atoms with E-state index in [4.69, 9.17) is 25.8 Å². The second kappa shape index (κ2) is 12.5. The van der Waals surface area contributed by atoms with Crippen molar-refractivity contribution in [3.05, 3.63) is 111 Å². The van der Waals surface area contributed by atoms with Gasteiger partial charge in [0.1, 0.15) is 22.9 Å². The Labute approximate surface area is 255 Å². The first-order valence-corrected chi connectivity index (χ1v) is 13.9. The highest BCUT2D eigenvalue weighted by atomic mass is 79.9. The van der Waals surface area contributed by atoms with Crippen LogP contribution in [0.4, 0.5) is 0 Å². The maximum Gasteiger partial charge on any atom is 0.343 e. The van der Waals surface area contributed by atoms with Gasteiger partial charge in [-0.25, -0.2) is 10.2 Å². The summed E-state index contributed by atoms with van der Waals surface area (Å²) >= 11 is 10.0. The fraction of sp³-hybridized carbons (Fsp3) is 0.0938. The Hall–Kier alpha value is -4.60. The number of hydrazone groups is 1. The molecule has 4 aromatic carbocycles. The number of halogens is 2. The molecule has 5 rings (SSSR count). The summed E-state index contributed by atoms with van der Waals surface area (Å²) in [5, 5.41) is 5.26. The lowest BCUT2D eigenvalue weighted by molar-refractivity contribution is 0.0734. The number of fused-ring (bicyclic) bond motifs is 1. The summed E-state index contributed by atoms with van der Waals surface area (Å²) in [7, 11) is 3.10. The van der Waals surface area contributed by atoms with Gasteiger partial charge in [-0.1, -0.05) is 63.4 Å². The van der Waals surface area contributed by atoms with Crippen LogP contribution < -0.4 is 19.6 Å². The second-order valence-corrected chi connectivity index (χ2v) is 10.5. The number of carbonyl (C=O) groups is 2. The molecule has 0 unspecified atom stereocenters. The zero-order valence-corrected chi connectivity index (χ0v) is 25.2. The molecule has 0 bridgehead atoms. The Kier molecular flexibility index (Phi) is 8.61. The minimum Gasteiger partial charge on any atom is -0.496 e. The molecule has 5 aromatic rings. The standard InChI is InChI=1S/C32H25BrClN3O5/c1-18-8-10-19(11-9-18)32(39)42-24-13-12-21(33)16-20(24)17-35-37-31(38)30-27(22-6-4-5-7-23(22)34)28-25(40-2)14-15-26(41-3)29(28)36-30/h4-17,36H,1-3H3,(H,37,38). The zero-order valence-electron chi connectivity index (χ0n) is 22.8. The Morgan fingerprint density at radius 3 is 2.33 bits per heavy atom. The molecule has 8 nitrogen and oxygen atoms in total. The van der Waals surface area contributed by atoms with Gasteiger partial charge in [-0.3, -0.25) is 4.79 Å². The number of ether oxygens (including phenoxy) is 3. The van der Waals surface area contributed by atoms with E-state index in [0.717, 1.165) is 10.0 Å². The van der Waals surface area contributed by atoms with Crippen molar-refractivity contribution in [2.75, 3.05) is 14.2 Å². The monoisotopic (exact) mass is 645 g/mol. The number of H-pyrrole nitrogens is 1. The summed E-state index contributed by atoms with van der Waals surface area (Å²) in [6, 6.07) is 22.9. The lowest BCUT2D eigenvalue weighted by Crippen LogP contribution is -2.19. The van der Waals surface area contributed by atoms with Crippen molar-refractivity contribution in [3.8, 4) is 28.4 Å². The molecule has 42 heavy (non-hydrogen) atoms. The van der Waals surface area contributed by atoms with Crippen LogP contribution in [0.2, 0.25) is 5.02 Å². The summed E-state index contributed by atoms with van der Waals surface area (Å²) in [5.41, 5.74) is 6.42. The van der Waals surface area contributed by atoms with Crippen LogP contribution in [0, 0.1) is 6.92 Å². The van der Waals surface area contributed by atoms with E-state index < -0.39 is 11.9 Å². The van der Waals surface area contributed by atoms with E-state index in [1.165, 1.54) is 6.21 Å². The van der Waals surface area contributed by atoms with Crippen LogP contribution in [0.25, 0.3) is 22.0 Å². The minimum atomic E-state index is -0.533. The molecule has 0 aliphatic rings. The average Bonchev–Trinajstić information content (AvgIpc) is 3.39. The molecular formula is C32H25BrClN3O5. The number of aryl methyl sites for hydroxylation is 1. The van der Waals surface area contributed by atoms with E-state index in [9.17, 15) is 9.59 Å². The number of methoxy groups -OCH3 is 2. The predicted molar refractivity (Wildman–Crippen MR) is 167 cm³/mol. The molecule has 10 heteroatoms. The Bertz CT molecular complexity index is 1830. The van der Waals surface area contributed by atoms with E-state index in [1.54, 1.807) is 62.8 Å². The van der Waals surface area contributed by atoms with Gasteiger partial charge in [0.05, 0.1) is 36.9 Å².